The van der Waals surface area contributed by atoms with E-state index in [2.05, 4.69) is 10.4 Å². The maximum absolute atomic E-state index is 12.1. The van der Waals surface area contributed by atoms with Crippen molar-refractivity contribution in [3.63, 3.8) is 0 Å². The molecule has 1 aliphatic carbocycles. The fraction of sp³-hybridized carbons (Fsp3) is 0.444. The molecule has 1 amide bonds. The Morgan fingerprint density at radius 1 is 1.24 bits per heavy atom. The van der Waals surface area contributed by atoms with Crippen molar-refractivity contribution in [3.8, 4) is 0 Å². The van der Waals surface area contributed by atoms with E-state index < -0.39 is 5.97 Å². The number of hydrogen-bond donors (Lipinski definition) is 1. The molecule has 0 unspecified atom stereocenters. The number of nitrogens with zero attached hydrogens (tertiary/aromatic N) is 2. The van der Waals surface area contributed by atoms with Crippen LogP contribution in [0.15, 0.2) is 29.1 Å². The fourth-order valence-corrected chi connectivity index (χ4v) is 3.18. The average Bonchev–Trinajstić information content (AvgIpc) is 3.10. The Bertz CT molecular complexity index is 853. The lowest BCUT2D eigenvalue weighted by molar-refractivity contribution is -0.148. The number of carbonyl (C=O) groups excluding carboxylic acids is 2. The number of amides is 1. The van der Waals surface area contributed by atoms with Crippen LogP contribution in [0.4, 0.5) is 0 Å². The van der Waals surface area contributed by atoms with Gasteiger partial charge in [-0.25, -0.2) is 4.68 Å². The lowest BCUT2D eigenvalue weighted by Crippen LogP contribution is -2.36. The molecule has 2 aromatic rings. The number of rotatable bonds is 5. The van der Waals surface area contributed by atoms with E-state index in [9.17, 15) is 14.4 Å². The number of aromatic nitrogens is 2. The average molecular weight is 343 g/mol. The van der Waals surface area contributed by atoms with Crippen molar-refractivity contribution in [3.05, 3.63) is 40.3 Å². The van der Waals surface area contributed by atoms with Gasteiger partial charge in [0.1, 0.15) is 0 Å². The topological polar surface area (TPSA) is 90.3 Å². The molecule has 0 radical (unpaired) electrons. The molecular formula is C18H21N3O4. The molecule has 0 bridgehead atoms. The summed E-state index contributed by atoms with van der Waals surface area (Å²) in [5.74, 6) is -0.823. The summed E-state index contributed by atoms with van der Waals surface area (Å²) in [6.45, 7) is -0.293. The van der Waals surface area contributed by atoms with Gasteiger partial charge in [0.05, 0.1) is 17.5 Å². The normalized spacial score (nSPS) is 14.6. The summed E-state index contributed by atoms with van der Waals surface area (Å²) < 4.78 is 6.26. The lowest BCUT2D eigenvalue weighted by Gasteiger charge is -2.12. The third kappa shape index (κ3) is 4.04. The van der Waals surface area contributed by atoms with E-state index in [4.69, 9.17) is 4.74 Å². The molecule has 1 fully saturated rings. The van der Waals surface area contributed by atoms with Crippen LogP contribution in [0.5, 0.6) is 0 Å². The van der Waals surface area contributed by atoms with Crippen LogP contribution >= 0.6 is 0 Å². The minimum absolute atomic E-state index is 0.0919. The molecule has 1 aromatic carbocycles. The Balaban J connectivity index is 1.63. The van der Waals surface area contributed by atoms with Gasteiger partial charge in [0, 0.05) is 18.5 Å². The number of ether oxygens (including phenoxy) is 1. The molecule has 0 atom stereocenters. The smallest absolute Gasteiger partial charge is 0.312 e. The number of esters is 1. The number of nitrogens with one attached hydrogen (secondary N) is 1. The molecule has 0 spiro atoms. The van der Waals surface area contributed by atoms with E-state index in [1.807, 2.05) is 0 Å². The van der Waals surface area contributed by atoms with Crippen LogP contribution in [0.2, 0.25) is 0 Å². The molecule has 25 heavy (non-hydrogen) atoms. The van der Waals surface area contributed by atoms with E-state index in [1.54, 1.807) is 31.3 Å². The van der Waals surface area contributed by atoms with Crippen molar-refractivity contribution < 1.29 is 14.3 Å². The number of benzene rings is 1. The van der Waals surface area contributed by atoms with Crippen LogP contribution in [0.1, 0.15) is 31.4 Å². The zero-order valence-corrected chi connectivity index (χ0v) is 14.2. The molecule has 1 N–H and O–H groups in total. The first-order valence-corrected chi connectivity index (χ1v) is 8.44. The van der Waals surface area contributed by atoms with Crippen molar-refractivity contribution in [2.45, 2.75) is 38.1 Å². The van der Waals surface area contributed by atoms with Crippen LogP contribution in [-0.2, 0) is 27.8 Å². The molecule has 1 aliphatic rings. The summed E-state index contributed by atoms with van der Waals surface area (Å²) in [4.78, 5) is 36.0. The first-order chi connectivity index (χ1) is 12.0. The molecule has 132 valence electrons. The van der Waals surface area contributed by atoms with Gasteiger partial charge < -0.3 is 10.1 Å². The standard InChI is InChI=1S/C18H21N3O4/c1-21-18(24)14-9-5-4-8-13(14)15(20-21)10-17(23)25-11-16(22)19-12-6-2-3-7-12/h4-5,8-9,12H,2-3,6-7,10-11H2,1H3,(H,19,22). The maximum atomic E-state index is 12.1. The van der Waals surface area contributed by atoms with Gasteiger partial charge in [-0.2, -0.15) is 5.10 Å². The van der Waals surface area contributed by atoms with Gasteiger partial charge in [0.15, 0.2) is 6.61 Å². The predicted molar refractivity (Wildman–Crippen MR) is 92.0 cm³/mol. The quantitative estimate of drug-likeness (QED) is 0.821. The highest BCUT2D eigenvalue weighted by Gasteiger charge is 2.18. The monoisotopic (exact) mass is 343 g/mol. The van der Waals surface area contributed by atoms with E-state index in [-0.39, 0.29) is 30.5 Å². The molecule has 3 rings (SSSR count). The van der Waals surface area contributed by atoms with Gasteiger partial charge in [-0.15, -0.1) is 0 Å². The highest BCUT2D eigenvalue weighted by molar-refractivity contribution is 5.87. The Hall–Kier alpha value is -2.70. The Morgan fingerprint density at radius 3 is 2.64 bits per heavy atom. The van der Waals surface area contributed by atoms with E-state index in [0.717, 1.165) is 25.7 Å². The third-order valence-electron chi connectivity index (χ3n) is 4.43. The van der Waals surface area contributed by atoms with Gasteiger partial charge in [0.25, 0.3) is 11.5 Å². The lowest BCUT2D eigenvalue weighted by atomic mass is 10.1. The van der Waals surface area contributed by atoms with Crippen LogP contribution < -0.4 is 10.9 Å². The van der Waals surface area contributed by atoms with Gasteiger partial charge >= 0.3 is 5.97 Å². The highest BCUT2D eigenvalue weighted by Crippen LogP contribution is 2.17. The van der Waals surface area contributed by atoms with Crippen LogP contribution in [0.3, 0.4) is 0 Å². The second-order valence-electron chi connectivity index (χ2n) is 6.31. The van der Waals surface area contributed by atoms with E-state index in [0.29, 0.717) is 16.5 Å². The van der Waals surface area contributed by atoms with Crippen LogP contribution in [0, 0.1) is 0 Å². The summed E-state index contributed by atoms with van der Waals surface area (Å²) in [5, 5.41) is 8.15. The van der Waals surface area contributed by atoms with Crippen molar-refractivity contribution in [1.82, 2.24) is 15.1 Å². The SMILES string of the molecule is Cn1nc(CC(=O)OCC(=O)NC2CCCC2)c2ccccc2c1=O. The van der Waals surface area contributed by atoms with Crippen molar-refractivity contribution in [2.24, 2.45) is 7.05 Å². The molecule has 0 aliphatic heterocycles. The molecule has 7 nitrogen and oxygen atoms in total. The molecular weight excluding hydrogens is 322 g/mol. The van der Waals surface area contributed by atoms with Crippen molar-refractivity contribution in [1.29, 1.82) is 0 Å². The number of hydrogen-bond acceptors (Lipinski definition) is 5. The zero-order chi connectivity index (χ0) is 17.8. The zero-order valence-electron chi connectivity index (χ0n) is 14.2. The first kappa shape index (κ1) is 17.1. The summed E-state index contributed by atoms with van der Waals surface area (Å²) >= 11 is 0. The van der Waals surface area contributed by atoms with Crippen molar-refractivity contribution in [2.75, 3.05) is 6.61 Å². The van der Waals surface area contributed by atoms with Gasteiger partial charge in [0.2, 0.25) is 0 Å². The Labute approximate surface area is 145 Å². The highest BCUT2D eigenvalue weighted by atomic mass is 16.5. The minimum Gasteiger partial charge on any atom is -0.455 e. The Kier molecular flexibility index (Phi) is 5.11. The third-order valence-corrected chi connectivity index (χ3v) is 4.43. The second kappa shape index (κ2) is 7.46. The number of carbonyl (C=O) groups is 2. The van der Waals surface area contributed by atoms with Gasteiger partial charge in [-0.1, -0.05) is 31.0 Å². The van der Waals surface area contributed by atoms with Crippen molar-refractivity contribution >= 4 is 22.6 Å². The fourth-order valence-electron chi connectivity index (χ4n) is 3.18. The first-order valence-electron chi connectivity index (χ1n) is 8.44. The van der Waals surface area contributed by atoms with Crippen LogP contribution in [0.25, 0.3) is 10.8 Å². The number of aryl methyl sites for hydroxylation is 1. The van der Waals surface area contributed by atoms with Gasteiger partial charge in [-0.3, -0.25) is 14.4 Å². The minimum atomic E-state index is -0.544. The molecule has 1 saturated carbocycles. The predicted octanol–water partition coefficient (Wildman–Crippen LogP) is 1.08. The molecule has 0 saturated heterocycles. The molecule has 1 heterocycles. The summed E-state index contributed by atoms with van der Waals surface area (Å²) in [5.41, 5.74) is 0.238. The van der Waals surface area contributed by atoms with E-state index >= 15 is 0 Å². The largest absolute Gasteiger partial charge is 0.455 e. The molecule has 7 heteroatoms. The van der Waals surface area contributed by atoms with E-state index in [1.165, 1.54) is 4.68 Å². The maximum Gasteiger partial charge on any atom is 0.312 e. The molecule has 1 aromatic heterocycles. The summed E-state index contributed by atoms with van der Waals surface area (Å²) in [7, 11) is 1.54. The van der Waals surface area contributed by atoms with Crippen LogP contribution in [-0.4, -0.2) is 34.3 Å². The second-order valence-corrected chi connectivity index (χ2v) is 6.31. The Morgan fingerprint density at radius 2 is 1.92 bits per heavy atom. The number of fused-ring (bicyclic) bond motifs is 1. The summed E-state index contributed by atoms with van der Waals surface area (Å²) in [6.07, 6.45) is 4.11. The van der Waals surface area contributed by atoms with Gasteiger partial charge in [-0.05, 0) is 18.9 Å². The summed E-state index contributed by atoms with van der Waals surface area (Å²) in [6, 6.07) is 7.19.